The summed E-state index contributed by atoms with van der Waals surface area (Å²) < 4.78 is 5.31. The molecule has 1 fully saturated rings. The quantitative estimate of drug-likeness (QED) is 0.781. The summed E-state index contributed by atoms with van der Waals surface area (Å²) in [6.07, 6.45) is 1.81. The Morgan fingerprint density at radius 1 is 1.60 bits per heavy atom. The molecule has 4 nitrogen and oxygen atoms in total. The molecule has 1 aliphatic rings. The van der Waals surface area contributed by atoms with Gasteiger partial charge in [0.2, 0.25) is 0 Å². The second-order valence-corrected chi connectivity index (χ2v) is 3.83. The molecule has 1 saturated heterocycles. The van der Waals surface area contributed by atoms with Crippen molar-refractivity contribution in [3.05, 3.63) is 18.3 Å². The van der Waals surface area contributed by atoms with E-state index in [1.54, 1.807) is 7.11 Å². The molecule has 0 amide bonds. The molecule has 82 valence electrons. The molecule has 1 N–H and O–H groups in total. The van der Waals surface area contributed by atoms with E-state index < -0.39 is 0 Å². The maximum atomic E-state index is 5.31. The predicted molar refractivity (Wildman–Crippen MR) is 60.5 cm³/mol. The molecule has 0 bridgehead atoms. The minimum absolute atomic E-state index is 0.505. The Morgan fingerprint density at radius 3 is 3.20 bits per heavy atom. The normalized spacial score (nSPS) is 21.5. The number of hydrogen-bond donors (Lipinski definition) is 1. The third-order valence-electron chi connectivity index (χ3n) is 2.64. The number of hydrogen-bond acceptors (Lipinski definition) is 4. The molecular weight excluding hydrogens is 190 g/mol. The number of anilines is 1. The molecule has 15 heavy (non-hydrogen) atoms. The largest absolute Gasteiger partial charge is 0.493 e. The van der Waals surface area contributed by atoms with Crippen molar-refractivity contribution < 1.29 is 4.74 Å². The van der Waals surface area contributed by atoms with Crippen LogP contribution in [0.3, 0.4) is 0 Å². The number of aromatic nitrogens is 1. The summed E-state index contributed by atoms with van der Waals surface area (Å²) in [6.45, 7) is 5.15. The lowest BCUT2D eigenvalue weighted by Crippen LogP contribution is -2.49. The van der Waals surface area contributed by atoms with Gasteiger partial charge >= 0.3 is 0 Å². The highest BCUT2D eigenvalue weighted by Crippen LogP contribution is 2.25. The standard InChI is InChI=1S/C11H17N3O/c1-9-8-14(7-6-12-9)11-10(15-2)4-3-5-13-11/h3-5,9,12H,6-8H2,1-2H3/t9-/m1/s1. The number of pyridine rings is 1. The maximum Gasteiger partial charge on any atom is 0.171 e. The molecule has 2 heterocycles. The van der Waals surface area contributed by atoms with Gasteiger partial charge in [-0.1, -0.05) is 0 Å². The molecule has 0 saturated carbocycles. The van der Waals surface area contributed by atoms with Crippen molar-refractivity contribution in [2.75, 3.05) is 31.6 Å². The number of piperazine rings is 1. The van der Waals surface area contributed by atoms with Gasteiger partial charge in [0.05, 0.1) is 7.11 Å². The Balaban J connectivity index is 2.20. The molecule has 2 rings (SSSR count). The molecule has 1 atom stereocenters. The third kappa shape index (κ3) is 2.21. The molecule has 0 aliphatic carbocycles. The van der Waals surface area contributed by atoms with Crippen LogP contribution in [0, 0.1) is 0 Å². The average Bonchev–Trinajstić information content (AvgIpc) is 2.29. The molecule has 0 spiro atoms. The number of nitrogens with zero attached hydrogens (tertiary/aromatic N) is 2. The van der Waals surface area contributed by atoms with Gasteiger partial charge in [0.1, 0.15) is 0 Å². The summed E-state index contributed by atoms with van der Waals surface area (Å²) in [5.41, 5.74) is 0. The molecular formula is C11H17N3O. The Kier molecular flexibility index (Phi) is 3.06. The first-order chi connectivity index (χ1) is 7.31. The van der Waals surface area contributed by atoms with E-state index in [1.165, 1.54) is 0 Å². The fourth-order valence-electron chi connectivity index (χ4n) is 1.90. The Bertz CT molecular complexity index is 329. The summed E-state index contributed by atoms with van der Waals surface area (Å²) in [7, 11) is 1.69. The Hall–Kier alpha value is -1.29. The molecule has 1 aromatic rings. The van der Waals surface area contributed by atoms with Gasteiger partial charge in [-0.25, -0.2) is 4.98 Å². The molecule has 0 aromatic carbocycles. The molecule has 0 unspecified atom stereocenters. The summed E-state index contributed by atoms with van der Waals surface area (Å²) in [5, 5.41) is 3.41. The van der Waals surface area contributed by atoms with Crippen molar-refractivity contribution in [1.82, 2.24) is 10.3 Å². The fourth-order valence-corrected chi connectivity index (χ4v) is 1.90. The Labute approximate surface area is 90.3 Å². The first kappa shape index (κ1) is 10.2. The van der Waals surface area contributed by atoms with Gasteiger partial charge in [-0.05, 0) is 19.1 Å². The van der Waals surface area contributed by atoms with Gasteiger partial charge in [-0.3, -0.25) is 0 Å². The SMILES string of the molecule is COc1cccnc1N1CCN[C@H](C)C1. The van der Waals surface area contributed by atoms with Crippen LogP contribution in [0.5, 0.6) is 5.75 Å². The van der Waals surface area contributed by atoms with Crippen molar-refractivity contribution in [2.45, 2.75) is 13.0 Å². The lowest BCUT2D eigenvalue weighted by Gasteiger charge is -2.33. The van der Waals surface area contributed by atoms with E-state index in [4.69, 9.17) is 4.74 Å². The highest BCUT2D eigenvalue weighted by molar-refractivity contribution is 5.52. The van der Waals surface area contributed by atoms with Gasteiger partial charge in [0.25, 0.3) is 0 Å². The predicted octanol–water partition coefficient (Wildman–Crippen LogP) is 0.888. The minimum Gasteiger partial charge on any atom is -0.493 e. The van der Waals surface area contributed by atoms with Crippen molar-refractivity contribution >= 4 is 5.82 Å². The van der Waals surface area contributed by atoms with Crippen LogP contribution in [0.2, 0.25) is 0 Å². The topological polar surface area (TPSA) is 37.4 Å². The first-order valence-electron chi connectivity index (χ1n) is 5.28. The summed E-state index contributed by atoms with van der Waals surface area (Å²) >= 11 is 0. The Morgan fingerprint density at radius 2 is 2.47 bits per heavy atom. The average molecular weight is 207 g/mol. The van der Waals surface area contributed by atoms with E-state index in [0.717, 1.165) is 31.2 Å². The zero-order valence-electron chi connectivity index (χ0n) is 9.23. The van der Waals surface area contributed by atoms with E-state index in [0.29, 0.717) is 6.04 Å². The summed E-state index contributed by atoms with van der Waals surface area (Å²) in [4.78, 5) is 6.64. The van der Waals surface area contributed by atoms with Crippen molar-refractivity contribution in [3.8, 4) is 5.75 Å². The number of ether oxygens (including phenoxy) is 1. The zero-order chi connectivity index (χ0) is 10.7. The minimum atomic E-state index is 0.505. The van der Waals surface area contributed by atoms with Crippen LogP contribution < -0.4 is 15.0 Å². The van der Waals surface area contributed by atoms with Gasteiger partial charge in [-0.2, -0.15) is 0 Å². The van der Waals surface area contributed by atoms with Crippen LogP contribution in [0.25, 0.3) is 0 Å². The number of rotatable bonds is 2. The second kappa shape index (κ2) is 4.49. The molecule has 1 aromatic heterocycles. The second-order valence-electron chi connectivity index (χ2n) is 3.83. The zero-order valence-corrected chi connectivity index (χ0v) is 9.23. The number of nitrogens with one attached hydrogen (secondary N) is 1. The number of methoxy groups -OCH3 is 1. The van der Waals surface area contributed by atoms with Crippen LogP contribution in [0.15, 0.2) is 18.3 Å². The maximum absolute atomic E-state index is 5.31. The summed E-state index contributed by atoms with van der Waals surface area (Å²) in [6, 6.07) is 4.36. The molecule has 4 heteroatoms. The van der Waals surface area contributed by atoms with Crippen LogP contribution in [0.4, 0.5) is 5.82 Å². The van der Waals surface area contributed by atoms with Crippen LogP contribution in [-0.4, -0.2) is 37.8 Å². The molecule has 0 radical (unpaired) electrons. The first-order valence-corrected chi connectivity index (χ1v) is 5.28. The lowest BCUT2D eigenvalue weighted by atomic mass is 10.2. The van der Waals surface area contributed by atoms with E-state index in [9.17, 15) is 0 Å². The van der Waals surface area contributed by atoms with Crippen molar-refractivity contribution in [2.24, 2.45) is 0 Å². The summed E-state index contributed by atoms with van der Waals surface area (Å²) in [5.74, 6) is 1.81. The third-order valence-corrected chi connectivity index (χ3v) is 2.64. The van der Waals surface area contributed by atoms with E-state index in [2.05, 4.69) is 22.1 Å². The van der Waals surface area contributed by atoms with Crippen LogP contribution >= 0.6 is 0 Å². The van der Waals surface area contributed by atoms with E-state index >= 15 is 0 Å². The van der Waals surface area contributed by atoms with Crippen molar-refractivity contribution in [3.63, 3.8) is 0 Å². The van der Waals surface area contributed by atoms with Crippen molar-refractivity contribution in [1.29, 1.82) is 0 Å². The van der Waals surface area contributed by atoms with Gasteiger partial charge in [-0.15, -0.1) is 0 Å². The lowest BCUT2D eigenvalue weighted by molar-refractivity contribution is 0.407. The smallest absolute Gasteiger partial charge is 0.171 e. The molecule has 1 aliphatic heterocycles. The fraction of sp³-hybridized carbons (Fsp3) is 0.545. The highest BCUT2D eigenvalue weighted by atomic mass is 16.5. The van der Waals surface area contributed by atoms with E-state index in [1.807, 2.05) is 18.3 Å². The van der Waals surface area contributed by atoms with Gasteiger partial charge in [0, 0.05) is 31.9 Å². The highest BCUT2D eigenvalue weighted by Gasteiger charge is 2.19. The van der Waals surface area contributed by atoms with Crippen LogP contribution in [-0.2, 0) is 0 Å². The van der Waals surface area contributed by atoms with E-state index in [-0.39, 0.29) is 0 Å². The van der Waals surface area contributed by atoms with Gasteiger partial charge < -0.3 is 15.0 Å². The van der Waals surface area contributed by atoms with Crippen LogP contribution in [0.1, 0.15) is 6.92 Å². The van der Waals surface area contributed by atoms with Gasteiger partial charge in [0.15, 0.2) is 11.6 Å². The monoisotopic (exact) mass is 207 g/mol.